The first kappa shape index (κ1) is 17.0. The van der Waals surface area contributed by atoms with Crippen LogP contribution >= 0.6 is 7.82 Å². The lowest BCUT2D eigenvalue weighted by Crippen LogP contribution is -1.69. The molecule has 0 aromatic rings. The summed E-state index contributed by atoms with van der Waals surface area (Å²) >= 11 is 0. The van der Waals surface area contributed by atoms with Crippen LogP contribution in [0, 0.1) is 0 Å². The van der Waals surface area contributed by atoms with Crippen LogP contribution in [0.5, 0.6) is 0 Å². The van der Waals surface area contributed by atoms with Crippen molar-refractivity contribution in [3.63, 3.8) is 0 Å². The summed E-state index contributed by atoms with van der Waals surface area (Å²) < 4.78 is 8.88. The van der Waals surface area contributed by atoms with Gasteiger partial charge in [0.15, 0.2) is 0 Å². The molecule has 6 nitrogen and oxygen atoms in total. The quantitative estimate of drug-likeness (QED) is 0.373. The highest BCUT2D eigenvalue weighted by Gasteiger charge is 2.00. The van der Waals surface area contributed by atoms with Crippen LogP contribution in [-0.4, -0.2) is 32.7 Å². The Morgan fingerprint density at radius 1 is 1.09 bits per heavy atom. The molecule has 0 aromatic heterocycles. The number of phosphoric acid groups is 1. The number of hydrogen-bond donors (Lipinski definition) is 4. The first-order chi connectivity index (χ1) is 4.73. The van der Waals surface area contributed by atoms with E-state index in [9.17, 15) is 4.79 Å². The fourth-order valence-corrected chi connectivity index (χ4v) is 0. The van der Waals surface area contributed by atoms with Crippen molar-refractivity contribution in [3.05, 3.63) is 0 Å². The molecule has 0 atom stereocenters. The van der Waals surface area contributed by atoms with Crippen molar-refractivity contribution in [2.24, 2.45) is 0 Å². The van der Waals surface area contributed by atoms with Gasteiger partial charge in [-0.3, -0.25) is 0 Å². The minimum atomic E-state index is -4.64. The molecule has 0 aliphatic rings. The maximum absolute atomic E-state index is 9.44. The van der Waals surface area contributed by atoms with Crippen molar-refractivity contribution in [1.29, 1.82) is 0 Å². The van der Waals surface area contributed by atoms with Crippen LogP contribution in [0.3, 0.4) is 0 Å². The third-order valence-electron chi connectivity index (χ3n) is 0. The normalized spacial score (nSPS) is 8.27. The molecule has 0 rings (SSSR count). The van der Waals surface area contributed by atoms with Gasteiger partial charge >= 0.3 is 7.82 Å². The van der Waals surface area contributed by atoms with E-state index in [-0.39, 0.29) is 5.78 Å². The van der Waals surface area contributed by atoms with E-state index in [2.05, 4.69) is 0 Å². The first-order valence-corrected chi connectivity index (χ1v) is 4.00. The van der Waals surface area contributed by atoms with Crippen molar-refractivity contribution >= 4 is 13.6 Å². The predicted molar refractivity (Wildman–Crippen MR) is 38.8 cm³/mol. The lowest BCUT2D eigenvalue weighted by Gasteiger charge is -1.82. The Balaban J connectivity index is -0.0000000965. The molecule has 0 radical (unpaired) electrons. The van der Waals surface area contributed by atoms with Crippen LogP contribution in [0.15, 0.2) is 0 Å². The van der Waals surface area contributed by atoms with E-state index < -0.39 is 7.82 Å². The molecular weight excluding hydrogens is 175 g/mol. The zero-order valence-electron chi connectivity index (χ0n) is 6.55. The topological polar surface area (TPSA) is 115 Å². The highest BCUT2D eigenvalue weighted by molar-refractivity contribution is 7.45. The van der Waals surface area contributed by atoms with Gasteiger partial charge in [0.2, 0.25) is 0 Å². The molecule has 70 valence electrons. The predicted octanol–water partition coefficient (Wildman–Crippen LogP) is -0.725. The van der Waals surface area contributed by atoms with Crippen molar-refractivity contribution in [2.75, 3.05) is 7.11 Å². The number of aliphatic hydroxyl groups excluding tert-OH is 1. The summed E-state index contributed by atoms with van der Waals surface area (Å²) in [6.45, 7) is 3.06. The highest BCUT2D eigenvalue weighted by Crippen LogP contribution is 2.25. The molecule has 0 spiro atoms. The third kappa shape index (κ3) is 8630. The van der Waals surface area contributed by atoms with Gasteiger partial charge in [-0.15, -0.1) is 0 Å². The van der Waals surface area contributed by atoms with E-state index in [0.717, 1.165) is 7.11 Å². The zero-order chi connectivity index (χ0) is 10.1. The maximum Gasteiger partial charge on any atom is 0.466 e. The first-order valence-electron chi connectivity index (χ1n) is 2.43. The van der Waals surface area contributed by atoms with Gasteiger partial charge in [0.05, 0.1) is 0 Å². The van der Waals surface area contributed by atoms with Gasteiger partial charge in [-0.25, -0.2) is 4.57 Å². The van der Waals surface area contributed by atoms with Crippen LogP contribution in [0.1, 0.15) is 13.8 Å². The average Bonchev–Trinajstić information content (AvgIpc) is 1.63. The van der Waals surface area contributed by atoms with E-state index >= 15 is 0 Å². The SMILES string of the molecule is CC(C)=O.CO.O=P(O)(O)O. The maximum atomic E-state index is 9.44. The molecule has 0 saturated carbocycles. The number of Topliss-reactive ketones (excluding diaryl/α,β-unsaturated/α-hetero) is 1. The van der Waals surface area contributed by atoms with Crippen LogP contribution < -0.4 is 0 Å². The molecule has 0 saturated heterocycles. The second kappa shape index (κ2) is 9.74. The Bertz CT molecular complexity index is 114. The summed E-state index contributed by atoms with van der Waals surface area (Å²) in [6.07, 6.45) is 0. The molecule has 0 bridgehead atoms. The Hall–Kier alpha value is -0.260. The second-order valence-electron chi connectivity index (χ2n) is 1.42. The molecule has 0 aliphatic carbocycles. The van der Waals surface area contributed by atoms with Crippen LogP contribution in [-0.2, 0) is 9.36 Å². The molecule has 7 heteroatoms. The van der Waals surface area contributed by atoms with Gasteiger partial charge in [-0.1, -0.05) is 0 Å². The van der Waals surface area contributed by atoms with Gasteiger partial charge in [0.1, 0.15) is 5.78 Å². The Kier molecular flexibility index (Phi) is 15.1. The van der Waals surface area contributed by atoms with Crippen LogP contribution in [0.2, 0.25) is 0 Å². The van der Waals surface area contributed by atoms with Gasteiger partial charge in [-0.05, 0) is 13.8 Å². The summed E-state index contributed by atoms with van der Waals surface area (Å²) in [7, 11) is -3.64. The van der Waals surface area contributed by atoms with Crippen LogP contribution in [0.25, 0.3) is 0 Å². The van der Waals surface area contributed by atoms with E-state index in [1.165, 1.54) is 13.8 Å². The van der Waals surface area contributed by atoms with Crippen molar-refractivity contribution in [3.8, 4) is 0 Å². The Morgan fingerprint density at radius 3 is 1.09 bits per heavy atom. The van der Waals surface area contributed by atoms with Gasteiger partial charge in [0.25, 0.3) is 0 Å². The molecule has 0 aliphatic heterocycles. The standard InChI is InChI=1S/C3H6O.CH4O.H3O4P/c1-3(2)4;1-2;1-5(2,3)4/h1-2H3;2H,1H3;(H3,1,2,3,4). The minimum absolute atomic E-state index is 0.167. The number of ketones is 1. The zero-order valence-corrected chi connectivity index (χ0v) is 7.45. The smallest absolute Gasteiger partial charge is 0.400 e. The third-order valence-corrected chi connectivity index (χ3v) is 0. The highest BCUT2D eigenvalue weighted by atomic mass is 31.2. The van der Waals surface area contributed by atoms with Gasteiger partial charge in [0, 0.05) is 7.11 Å². The number of aliphatic hydroxyl groups is 1. The largest absolute Gasteiger partial charge is 0.466 e. The van der Waals surface area contributed by atoms with Crippen molar-refractivity contribution in [2.45, 2.75) is 13.8 Å². The minimum Gasteiger partial charge on any atom is -0.400 e. The molecule has 0 aromatic carbocycles. The lowest BCUT2D eigenvalue weighted by atomic mass is 10.6. The second-order valence-corrected chi connectivity index (χ2v) is 2.45. The fourth-order valence-electron chi connectivity index (χ4n) is 0. The van der Waals surface area contributed by atoms with E-state index in [1.807, 2.05) is 0 Å². The van der Waals surface area contributed by atoms with Crippen molar-refractivity contribution in [1.82, 2.24) is 0 Å². The number of carbonyl (C=O) groups is 1. The molecule has 4 N–H and O–H groups in total. The average molecular weight is 188 g/mol. The summed E-state index contributed by atoms with van der Waals surface area (Å²) in [6, 6.07) is 0. The van der Waals surface area contributed by atoms with E-state index in [4.69, 9.17) is 24.4 Å². The van der Waals surface area contributed by atoms with E-state index in [1.54, 1.807) is 0 Å². The molecule has 11 heavy (non-hydrogen) atoms. The number of hydrogen-bond acceptors (Lipinski definition) is 3. The van der Waals surface area contributed by atoms with Crippen LogP contribution in [0.4, 0.5) is 0 Å². The monoisotopic (exact) mass is 188 g/mol. The lowest BCUT2D eigenvalue weighted by molar-refractivity contribution is -0.115. The molecule has 0 heterocycles. The Labute approximate surface area is 64.7 Å². The van der Waals surface area contributed by atoms with E-state index in [0.29, 0.717) is 0 Å². The summed E-state index contributed by atoms with van der Waals surface area (Å²) in [5.74, 6) is 0.167. The fraction of sp³-hybridized carbons (Fsp3) is 0.750. The van der Waals surface area contributed by atoms with Gasteiger partial charge < -0.3 is 24.6 Å². The molecule has 0 amide bonds. The summed E-state index contributed by atoms with van der Waals surface area (Å²) in [5.41, 5.74) is 0. The molecule has 0 unspecified atom stereocenters. The molecule has 0 fully saturated rings. The summed E-state index contributed by atoms with van der Waals surface area (Å²) in [5, 5.41) is 7.00. The van der Waals surface area contributed by atoms with Gasteiger partial charge in [-0.2, -0.15) is 0 Å². The number of rotatable bonds is 0. The molecular formula is C4H13O6P. The van der Waals surface area contributed by atoms with Crippen molar-refractivity contribution < 1.29 is 29.1 Å². The Morgan fingerprint density at radius 2 is 1.09 bits per heavy atom. The summed E-state index contributed by atoms with van der Waals surface area (Å²) in [4.78, 5) is 31.0. The number of carbonyl (C=O) groups excluding carboxylic acids is 1.